The summed E-state index contributed by atoms with van der Waals surface area (Å²) < 4.78 is 5.70. The van der Waals surface area contributed by atoms with Crippen molar-refractivity contribution in [3.63, 3.8) is 0 Å². The first-order chi connectivity index (χ1) is 12.4. The summed E-state index contributed by atoms with van der Waals surface area (Å²) in [7, 11) is 0. The zero-order chi connectivity index (χ0) is 19.3. The van der Waals surface area contributed by atoms with Crippen molar-refractivity contribution in [2.45, 2.75) is 40.5 Å². The lowest BCUT2D eigenvalue weighted by molar-refractivity contribution is 0.102. The van der Waals surface area contributed by atoms with Gasteiger partial charge in [0.2, 0.25) is 0 Å². The normalized spacial score (nSPS) is 10.5. The van der Waals surface area contributed by atoms with Crippen molar-refractivity contribution in [1.82, 2.24) is 4.98 Å². The van der Waals surface area contributed by atoms with E-state index in [4.69, 9.17) is 16.3 Å². The van der Waals surface area contributed by atoms with Gasteiger partial charge in [-0.2, -0.15) is 0 Å². The minimum absolute atomic E-state index is 0.235. The summed E-state index contributed by atoms with van der Waals surface area (Å²) in [6.45, 7) is 11.8. The quantitative estimate of drug-likeness (QED) is 0.671. The van der Waals surface area contributed by atoms with Crippen LogP contribution in [0.4, 0.5) is 5.69 Å². The summed E-state index contributed by atoms with van der Waals surface area (Å²) in [6, 6.07) is 5.56. The summed E-state index contributed by atoms with van der Waals surface area (Å²) in [5, 5.41) is 3.74. The Morgan fingerprint density at radius 1 is 1.23 bits per heavy atom. The first-order valence-electron chi connectivity index (χ1n) is 8.75. The molecule has 0 radical (unpaired) electrons. The number of anilines is 1. The molecule has 0 aliphatic heterocycles. The Morgan fingerprint density at radius 2 is 1.85 bits per heavy atom. The van der Waals surface area contributed by atoms with Gasteiger partial charge < -0.3 is 10.1 Å². The average molecular weight is 373 g/mol. The van der Waals surface area contributed by atoms with E-state index in [2.05, 4.69) is 16.9 Å². The molecule has 2 aromatic rings. The monoisotopic (exact) mass is 372 g/mol. The van der Waals surface area contributed by atoms with Crippen molar-refractivity contribution < 1.29 is 9.53 Å². The molecule has 0 saturated carbocycles. The van der Waals surface area contributed by atoms with E-state index < -0.39 is 0 Å². The van der Waals surface area contributed by atoms with Crippen LogP contribution in [0.15, 0.2) is 30.9 Å². The average Bonchev–Trinajstić information content (AvgIpc) is 2.60. The van der Waals surface area contributed by atoms with Crippen molar-refractivity contribution in [2.24, 2.45) is 0 Å². The minimum Gasteiger partial charge on any atom is -0.489 e. The van der Waals surface area contributed by atoms with Crippen LogP contribution in [-0.2, 0) is 12.8 Å². The molecule has 0 saturated heterocycles. The van der Waals surface area contributed by atoms with Gasteiger partial charge in [-0.25, -0.2) is 0 Å². The third kappa shape index (κ3) is 4.44. The molecule has 4 nitrogen and oxygen atoms in total. The number of pyridine rings is 1. The highest BCUT2D eigenvalue weighted by Gasteiger charge is 2.20. The highest BCUT2D eigenvalue weighted by molar-refractivity contribution is 6.30. The smallest absolute Gasteiger partial charge is 0.261 e. The van der Waals surface area contributed by atoms with Gasteiger partial charge in [0, 0.05) is 22.5 Å². The van der Waals surface area contributed by atoms with E-state index in [9.17, 15) is 4.79 Å². The Morgan fingerprint density at radius 3 is 2.38 bits per heavy atom. The van der Waals surface area contributed by atoms with Gasteiger partial charge >= 0.3 is 0 Å². The summed E-state index contributed by atoms with van der Waals surface area (Å²) in [5.74, 6) is 0.276. The molecule has 26 heavy (non-hydrogen) atoms. The number of aromatic nitrogens is 1. The molecular formula is C21H25ClN2O2. The van der Waals surface area contributed by atoms with E-state index >= 15 is 0 Å². The Bertz CT molecular complexity index is 806. The van der Waals surface area contributed by atoms with Crippen LogP contribution in [0.1, 0.15) is 46.7 Å². The van der Waals surface area contributed by atoms with Crippen molar-refractivity contribution in [3.8, 4) is 5.75 Å². The SMILES string of the molecule is C=CCOc1cc(C)nc(C)c1C(=O)Nc1c(CC)cc(Cl)cc1CC. The lowest BCUT2D eigenvalue weighted by Crippen LogP contribution is -2.18. The summed E-state index contributed by atoms with van der Waals surface area (Å²) in [5.41, 5.74) is 4.71. The Kier molecular flexibility index (Phi) is 6.81. The lowest BCUT2D eigenvalue weighted by atomic mass is 10.0. The highest BCUT2D eigenvalue weighted by Crippen LogP contribution is 2.29. The summed E-state index contributed by atoms with van der Waals surface area (Å²) >= 11 is 6.21. The zero-order valence-corrected chi connectivity index (χ0v) is 16.5. The van der Waals surface area contributed by atoms with E-state index in [0.717, 1.165) is 35.3 Å². The van der Waals surface area contributed by atoms with E-state index in [1.54, 1.807) is 12.1 Å². The number of nitrogens with zero attached hydrogens (tertiary/aromatic N) is 1. The minimum atomic E-state index is -0.235. The molecule has 0 aliphatic carbocycles. The van der Waals surface area contributed by atoms with E-state index in [-0.39, 0.29) is 5.91 Å². The maximum atomic E-state index is 13.1. The maximum absolute atomic E-state index is 13.1. The molecule has 0 aliphatic rings. The van der Waals surface area contributed by atoms with Crippen LogP contribution < -0.4 is 10.1 Å². The van der Waals surface area contributed by atoms with Crippen LogP contribution in [-0.4, -0.2) is 17.5 Å². The van der Waals surface area contributed by atoms with Crippen molar-refractivity contribution >= 4 is 23.2 Å². The van der Waals surface area contributed by atoms with Crippen molar-refractivity contribution in [3.05, 3.63) is 64.0 Å². The standard InChI is InChI=1S/C21H25ClN2O2/c1-6-9-26-18-10-13(4)23-14(5)19(18)21(25)24-20-15(7-2)11-17(22)12-16(20)8-3/h6,10-12H,1,7-9H2,2-5H3,(H,24,25). The number of benzene rings is 1. The van der Waals surface area contributed by atoms with Crippen molar-refractivity contribution in [2.75, 3.05) is 11.9 Å². The van der Waals surface area contributed by atoms with E-state index in [0.29, 0.717) is 28.6 Å². The number of carbonyl (C=O) groups is 1. The molecule has 0 spiro atoms. The van der Waals surface area contributed by atoms with E-state index in [1.165, 1.54) is 0 Å². The Balaban J connectivity index is 2.47. The molecule has 5 heteroatoms. The molecule has 0 fully saturated rings. The van der Waals surface area contributed by atoms with Gasteiger partial charge in [-0.3, -0.25) is 9.78 Å². The Labute approximate surface area is 160 Å². The van der Waals surface area contributed by atoms with Crippen LogP contribution >= 0.6 is 11.6 Å². The van der Waals surface area contributed by atoms with Gasteiger partial charge in [-0.15, -0.1) is 0 Å². The number of aryl methyl sites for hydroxylation is 4. The predicted octanol–water partition coefficient (Wildman–Crippen LogP) is 5.29. The molecule has 0 atom stereocenters. The van der Waals surface area contributed by atoms with Crippen molar-refractivity contribution in [1.29, 1.82) is 0 Å². The molecule has 2 rings (SSSR count). The number of hydrogen-bond acceptors (Lipinski definition) is 3. The van der Waals surface area contributed by atoms with E-state index in [1.807, 2.05) is 39.8 Å². The summed E-state index contributed by atoms with van der Waals surface area (Å²) in [6.07, 6.45) is 3.19. The van der Waals surface area contributed by atoms with Gasteiger partial charge in [0.05, 0.1) is 5.69 Å². The van der Waals surface area contributed by atoms with Gasteiger partial charge in [-0.1, -0.05) is 38.1 Å². The van der Waals surface area contributed by atoms with Crippen LogP contribution in [0.5, 0.6) is 5.75 Å². The number of halogens is 1. The second-order valence-corrected chi connectivity index (χ2v) is 6.52. The number of hydrogen-bond donors (Lipinski definition) is 1. The predicted molar refractivity (Wildman–Crippen MR) is 108 cm³/mol. The molecule has 1 heterocycles. The molecule has 1 N–H and O–H groups in total. The summed E-state index contributed by atoms with van der Waals surface area (Å²) in [4.78, 5) is 17.5. The maximum Gasteiger partial charge on any atom is 0.261 e. The zero-order valence-electron chi connectivity index (χ0n) is 15.8. The number of nitrogens with one attached hydrogen (secondary N) is 1. The second-order valence-electron chi connectivity index (χ2n) is 6.08. The fraction of sp³-hybridized carbons (Fsp3) is 0.333. The molecule has 1 amide bonds. The van der Waals surface area contributed by atoms with Crippen LogP contribution in [0.2, 0.25) is 5.02 Å². The first kappa shape index (κ1) is 20.0. The number of rotatable bonds is 7. The van der Waals surface area contributed by atoms with Gasteiger partial charge in [0.1, 0.15) is 17.9 Å². The second kappa shape index (κ2) is 8.86. The number of ether oxygens (including phenoxy) is 1. The van der Waals surface area contributed by atoms with Crippen LogP contribution in [0.25, 0.3) is 0 Å². The number of carbonyl (C=O) groups excluding carboxylic acids is 1. The molecule has 1 aromatic heterocycles. The van der Waals surface area contributed by atoms with Crippen LogP contribution in [0.3, 0.4) is 0 Å². The molecular weight excluding hydrogens is 348 g/mol. The molecule has 138 valence electrons. The molecule has 0 bridgehead atoms. The molecule has 0 unspecified atom stereocenters. The number of amides is 1. The topological polar surface area (TPSA) is 51.2 Å². The fourth-order valence-corrected chi connectivity index (χ4v) is 3.21. The third-order valence-corrected chi connectivity index (χ3v) is 4.36. The van der Waals surface area contributed by atoms with Gasteiger partial charge in [0.25, 0.3) is 5.91 Å². The lowest BCUT2D eigenvalue weighted by Gasteiger charge is -2.18. The largest absolute Gasteiger partial charge is 0.489 e. The third-order valence-electron chi connectivity index (χ3n) is 4.14. The molecule has 1 aromatic carbocycles. The fourth-order valence-electron chi connectivity index (χ4n) is 2.95. The van der Waals surface area contributed by atoms with Crippen LogP contribution in [0, 0.1) is 13.8 Å². The highest BCUT2D eigenvalue weighted by atomic mass is 35.5. The van der Waals surface area contributed by atoms with Gasteiger partial charge in [-0.05, 0) is 49.9 Å². The first-order valence-corrected chi connectivity index (χ1v) is 9.13. The Hall–Kier alpha value is -2.33. The van der Waals surface area contributed by atoms with Gasteiger partial charge in [0.15, 0.2) is 0 Å².